The summed E-state index contributed by atoms with van der Waals surface area (Å²) in [4.78, 5) is 22.4. The summed E-state index contributed by atoms with van der Waals surface area (Å²) in [6.07, 6.45) is 2.94. The quantitative estimate of drug-likeness (QED) is 0.371. The predicted octanol–water partition coefficient (Wildman–Crippen LogP) is 1.14. The van der Waals surface area contributed by atoms with E-state index in [1.165, 1.54) is 0 Å². The first-order chi connectivity index (χ1) is 6.17. The van der Waals surface area contributed by atoms with Crippen LogP contribution in [-0.4, -0.2) is 11.9 Å². The number of carbonyl (C=O) groups excluding carboxylic acids is 2. The van der Waals surface area contributed by atoms with E-state index in [9.17, 15) is 9.59 Å². The fourth-order valence-corrected chi connectivity index (χ4v) is 0.994. The van der Waals surface area contributed by atoms with Crippen molar-refractivity contribution in [1.82, 2.24) is 0 Å². The molecule has 0 unspecified atom stereocenters. The zero-order valence-electron chi connectivity index (χ0n) is 7.12. The largest absolute Gasteiger partial charge is 0.434 e. The van der Waals surface area contributed by atoms with Gasteiger partial charge in [-0.15, -0.1) is 0 Å². The van der Waals surface area contributed by atoms with Crippen molar-refractivity contribution < 1.29 is 19.1 Å². The average Bonchev–Trinajstić information content (AvgIpc) is 2.85. The summed E-state index contributed by atoms with van der Waals surface area (Å²) >= 11 is 0. The van der Waals surface area contributed by atoms with Crippen molar-refractivity contribution in [3.63, 3.8) is 0 Å². The van der Waals surface area contributed by atoms with Gasteiger partial charge in [0.25, 0.3) is 0 Å². The number of hydrogen-bond donors (Lipinski definition) is 0. The standard InChI is InChI=1S/C9H10O4/c1-3-12-7(10)9(5-6-9)8(11)13-4-2/h3-4H,1-2,5-6H2. The van der Waals surface area contributed by atoms with Gasteiger partial charge < -0.3 is 9.47 Å². The molecule has 1 fully saturated rings. The van der Waals surface area contributed by atoms with Crippen molar-refractivity contribution in [2.75, 3.05) is 0 Å². The Morgan fingerprint density at radius 2 is 1.46 bits per heavy atom. The molecule has 1 aliphatic carbocycles. The van der Waals surface area contributed by atoms with Crippen LogP contribution in [0.2, 0.25) is 0 Å². The molecule has 0 aliphatic heterocycles. The molecule has 1 rings (SSSR count). The molecule has 0 atom stereocenters. The lowest BCUT2D eigenvalue weighted by Crippen LogP contribution is -2.27. The first-order valence-corrected chi connectivity index (χ1v) is 3.81. The highest BCUT2D eigenvalue weighted by Crippen LogP contribution is 2.48. The molecule has 0 amide bonds. The van der Waals surface area contributed by atoms with E-state index in [2.05, 4.69) is 22.6 Å². The van der Waals surface area contributed by atoms with Gasteiger partial charge in [-0.3, -0.25) is 9.59 Å². The van der Waals surface area contributed by atoms with Crippen LogP contribution < -0.4 is 0 Å². The minimum Gasteiger partial charge on any atom is -0.434 e. The minimum absolute atomic E-state index is 0.465. The molecule has 0 heterocycles. The molecule has 0 aromatic rings. The first kappa shape index (κ1) is 9.51. The van der Waals surface area contributed by atoms with Gasteiger partial charge in [0.1, 0.15) is 0 Å². The van der Waals surface area contributed by atoms with E-state index < -0.39 is 17.4 Å². The van der Waals surface area contributed by atoms with Crippen molar-refractivity contribution in [2.45, 2.75) is 12.8 Å². The molecule has 4 heteroatoms. The molecule has 0 spiro atoms. The van der Waals surface area contributed by atoms with Gasteiger partial charge in [0, 0.05) is 0 Å². The van der Waals surface area contributed by atoms with Gasteiger partial charge in [0.05, 0.1) is 12.5 Å². The highest BCUT2D eigenvalue weighted by atomic mass is 16.6. The molecule has 0 N–H and O–H groups in total. The van der Waals surface area contributed by atoms with Crippen LogP contribution in [0.1, 0.15) is 12.8 Å². The molecule has 0 radical (unpaired) electrons. The maximum Gasteiger partial charge on any atom is 0.328 e. The van der Waals surface area contributed by atoms with Gasteiger partial charge in [0.2, 0.25) is 0 Å². The van der Waals surface area contributed by atoms with Crippen molar-refractivity contribution >= 4 is 11.9 Å². The Kier molecular flexibility index (Phi) is 2.51. The SMILES string of the molecule is C=COC(=O)C1(C(=O)OC=C)CC1. The smallest absolute Gasteiger partial charge is 0.328 e. The zero-order valence-corrected chi connectivity index (χ0v) is 7.12. The van der Waals surface area contributed by atoms with Crippen LogP contribution in [0.15, 0.2) is 25.7 Å². The summed E-state index contributed by atoms with van der Waals surface area (Å²) in [6, 6.07) is 0. The lowest BCUT2D eigenvalue weighted by Gasteiger charge is -2.08. The summed E-state index contributed by atoms with van der Waals surface area (Å²) in [5.74, 6) is -1.20. The first-order valence-electron chi connectivity index (χ1n) is 3.81. The fourth-order valence-electron chi connectivity index (χ4n) is 0.994. The normalized spacial score (nSPS) is 16.9. The second-order valence-electron chi connectivity index (χ2n) is 2.73. The Bertz CT molecular complexity index is 239. The number of hydrogen-bond acceptors (Lipinski definition) is 4. The van der Waals surface area contributed by atoms with Gasteiger partial charge in [-0.1, -0.05) is 13.2 Å². The molecule has 70 valence electrons. The molecule has 4 nitrogen and oxygen atoms in total. The molecule has 0 saturated heterocycles. The monoisotopic (exact) mass is 182 g/mol. The summed E-state index contributed by atoms with van der Waals surface area (Å²) in [5.41, 5.74) is -1.09. The second-order valence-corrected chi connectivity index (χ2v) is 2.73. The number of esters is 2. The van der Waals surface area contributed by atoms with Crippen LogP contribution in [0, 0.1) is 5.41 Å². The fraction of sp³-hybridized carbons (Fsp3) is 0.333. The second kappa shape index (κ2) is 3.43. The molecular weight excluding hydrogens is 172 g/mol. The third kappa shape index (κ3) is 1.61. The summed E-state index contributed by atoms with van der Waals surface area (Å²) in [5, 5.41) is 0. The van der Waals surface area contributed by atoms with E-state index in [1.807, 2.05) is 0 Å². The van der Waals surface area contributed by atoms with Crippen molar-refractivity contribution in [3.8, 4) is 0 Å². The predicted molar refractivity (Wildman–Crippen MR) is 44.2 cm³/mol. The summed E-state index contributed by atoms with van der Waals surface area (Å²) < 4.78 is 9.05. The highest BCUT2D eigenvalue weighted by Gasteiger charge is 2.59. The maximum atomic E-state index is 11.2. The number of carbonyl (C=O) groups is 2. The Morgan fingerprint density at radius 3 is 1.69 bits per heavy atom. The van der Waals surface area contributed by atoms with E-state index in [0.29, 0.717) is 12.8 Å². The van der Waals surface area contributed by atoms with E-state index in [4.69, 9.17) is 0 Å². The molecule has 0 aromatic heterocycles. The number of rotatable bonds is 4. The van der Waals surface area contributed by atoms with Gasteiger partial charge in [0.15, 0.2) is 5.41 Å². The number of ether oxygens (including phenoxy) is 2. The van der Waals surface area contributed by atoms with E-state index in [-0.39, 0.29) is 0 Å². The van der Waals surface area contributed by atoms with E-state index >= 15 is 0 Å². The molecule has 1 aliphatic rings. The lowest BCUT2D eigenvalue weighted by atomic mass is 10.1. The van der Waals surface area contributed by atoms with Gasteiger partial charge >= 0.3 is 11.9 Å². The van der Waals surface area contributed by atoms with Crippen LogP contribution in [0.4, 0.5) is 0 Å². The van der Waals surface area contributed by atoms with Crippen molar-refractivity contribution in [3.05, 3.63) is 25.7 Å². The summed E-state index contributed by atoms with van der Waals surface area (Å²) in [7, 11) is 0. The van der Waals surface area contributed by atoms with Gasteiger partial charge in [-0.25, -0.2) is 0 Å². The Balaban J connectivity index is 2.65. The summed E-state index contributed by atoms with van der Waals surface area (Å²) in [6.45, 7) is 6.46. The topological polar surface area (TPSA) is 52.6 Å². The van der Waals surface area contributed by atoms with Gasteiger partial charge in [-0.05, 0) is 12.8 Å². The van der Waals surface area contributed by atoms with E-state index in [1.54, 1.807) is 0 Å². The molecule has 0 aromatic carbocycles. The Labute approximate surface area is 75.8 Å². The molecular formula is C9H10O4. The maximum absolute atomic E-state index is 11.2. The third-order valence-corrected chi connectivity index (χ3v) is 1.91. The minimum atomic E-state index is -1.09. The van der Waals surface area contributed by atoms with Gasteiger partial charge in [-0.2, -0.15) is 0 Å². The molecule has 13 heavy (non-hydrogen) atoms. The van der Waals surface area contributed by atoms with Crippen LogP contribution in [0.3, 0.4) is 0 Å². The van der Waals surface area contributed by atoms with E-state index in [0.717, 1.165) is 12.5 Å². The lowest BCUT2D eigenvalue weighted by molar-refractivity contribution is -0.157. The van der Waals surface area contributed by atoms with Crippen LogP contribution in [0.25, 0.3) is 0 Å². The van der Waals surface area contributed by atoms with Crippen molar-refractivity contribution in [1.29, 1.82) is 0 Å². The zero-order chi connectivity index (χ0) is 9.90. The highest BCUT2D eigenvalue weighted by molar-refractivity contribution is 6.03. The molecule has 0 bridgehead atoms. The third-order valence-electron chi connectivity index (χ3n) is 1.91. The van der Waals surface area contributed by atoms with Crippen LogP contribution in [-0.2, 0) is 19.1 Å². The Morgan fingerprint density at radius 1 is 1.08 bits per heavy atom. The molecule has 1 saturated carbocycles. The average molecular weight is 182 g/mol. The van der Waals surface area contributed by atoms with Crippen LogP contribution >= 0.6 is 0 Å². The van der Waals surface area contributed by atoms with Crippen LogP contribution in [0.5, 0.6) is 0 Å². The Hall–Kier alpha value is -1.58. The van der Waals surface area contributed by atoms with Crippen molar-refractivity contribution in [2.24, 2.45) is 5.41 Å².